The summed E-state index contributed by atoms with van der Waals surface area (Å²) in [6.45, 7) is 0. The average Bonchev–Trinajstić information content (AvgIpc) is 3.47. The van der Waals surface area contributed by atoms with Crippen LogP contribution in [0.2, 0.25) is 0 Å². The summed E-state index contributed by atoms with van der Waals surface area (Å²) >= 11 is 0. The van der Waals surface area contributed by atoms with Crippen LogP contribution in [0.15, 0.2) is 24.3 Å². The smallest absolute Gasteiger partial charge is 0.200 e. The lowest BCUT2D eigenvalue weighted by Crippen LogP contribution is -2.73. The van der Waals surface area contributed by atoms with E-state index in [2.05, 4.69) is 0 Å². The normalized spacial score (nSPS) is 13.2. The average molecular weight is 601 g/mol. The van der Waals surface area contributed by atoms with Crippen LogP contribution in [0.5, 0.6) is 0 Å². The van der Waals surface area contributed by atoms with Gasteiger partial charge in [-0.25, -0.2) is 65.9 Å². The third kappa shape index (κ3) is 4.17. The van der Waals surface area contributed by atoms with Crippen molar-refractivity contribution in [3.8, 4) is 11.7 Å². The maximum atomic E-state index is 15.2. The molecule has 0 N–H and O–H groups in total. The molecular weight excluding hydrogens is 596 g/mol. The van der Waals surface area contributed by atoms with Crippen molar-refractivity contribution in [3.63, 3.8) is 0 Å². The zero-order valence-electron chi connectivity index (χ0n) is 19.1. The Kier molecular flexibility index (Phi) is 7.44. The Morgan fingerprint density at radius 1 is 0.366 bits per heavy atom. The quantitative estimate of drug-likeness (QED) is 0.122. The number of allylic oxidation sites excluding steroid dienone is 4. The number of halogens is 15. The lowest BCUT2D eigenvalue weighted by molar-refractivity contribution is 0.380. The highest BCUT2D eigenvalue weighted by molar-refractivity contribution is 7.17. The van der Waals surface area contributed by atoms with Crippen molar-refractivity contribution in [1.29, 1.82) is 0 Å². The molecule has 0 atom stereocenters. The minimum atomic E-state index is -5.86. The van der Waals surface area contributed by atoms with E-state index in [4.69, 9.17) is 0 Å². The standard InChI is InChI=1S/C25H5BF15/c27-11-8(12(28)18(34)23(39)17(11)33)26(6-5-7-3-1-2-4-7,9-13(29)19(35)24(40)20(36)14(9)30)10-15(31)21(37)25(41)22(38)16(10)32/h1-4,7H/q-1. The first-order valence-electron chi connectivity index (χ1n) is 10.7. The van der Waals surface area contributed by atoms with Crippen LogP contribution in [0.25, 0.3) is 0 Å². The summed E-state index contributed by atoms with van der Waals surface area (Å²) in [5.74, 6) is -44.2. The fourth-order valence-corrected chi connectivity index (χ4v) is 4.40. The van der Waals surface area contributed by atoms with Crippen molar-refractivity contribution in [3.05, 3.63) is 112 Å². The van der Waals surface area contributed by atoms with E-state index in [1.807, 2.05) is 5.92 Å². The van der Waals surface area contributed by atoms with Gasteiger partial charge in [-0.3, -0.25) is 5.82 Å². The largest absolute Gasteiger partial charge is 0.296 e. The summed E-state index contributed by atoms with van der Waals surface area (Å²) in [6, 6.07) is 0. The van der Waals surface area contributed by atoms with Crippen molar-refractivity contribution >= 4 is 22.5 Å². The summed E-state index contributed by atoms with van der Waals surface area (Å²) in [5, 5.41) is 0. The fourth-order valence-electron chi connectivity index (χ4n) is 4.40. The minimum Gasteiger partial charge on any atom is -0.296 e. The second kappa shape index (κ2) is 10.3. The molecule has 41 heavy (non-hydrogen) atoms. The van der Waals surface area contributed by atoms with E-state index in [-0.39, 0.29) is 0 Å². The number of hydrogen-bond donors (Lipinski definition) is 0. The molecule has 16 heteroatoms. The van der Waals surface area contributed by atoms with E-state index in [1.54, 1.807) is 0 Å². The van der Waals surface area contributed by atoms with Crippen LogP contribution < -0.4 is 16.4 Å². The fraction of sp³-hybridized carbons (Fsp3) is 0.0400. The second-order valence-corrected chi connectivity index (χ2v) is 8.40. The first-order chi connectivity index (χ1) is 19.1. The van der Waals surface area contributed by atoms with E-state index < -0.39 is 116 Å². The molecule has 0 heterocycles. The molecule has 0 aliphatic heterocycles. The van der Waals surface area contributed by atoms with Gasteiger partial charge in [0.15, 0.2) is 58.5 Å². The Labute approximate surface area is 218 Å². The molecule has 3 aromatic rings. The third-order valence-electron chi connectivity index (χ3n) is 6.24. The van der Waals surface area contributed by atoms with Crippen LogP contribution in [0.4, 0.5) is 65.9 Å². The van der Waals surface area contributed by atoms with Gasteiger partial charge in [0, 0.05) is 0 Å². The van der Waals surface area contributed by atoms with Crippen molar-refractivity contribution in [1.82, 2.24) is 0 Å². The van der Waals surface area contributed by atoms with E-state index in [1.165, 1.54) is 18.0 Å². The molecule has 1 aliphatic carbocycles. The predicted octanol–water partition coefficient (Wildman–Crippen LogP) is 5.53. The van der Waals surface area contributed by atoms with Crippen molar-refractivity contribution < 1.29 is 65.9 Å². The Morgan fingerprint density at radius 3 is 0.829 bits per heavy atom. The van der Waals surface area contributed by atoms with Gasteiger partial charge in [-0.15, -0.1) is 22.3 Å². The van der Waals surface area contributed by atoms with Gasteiger partial charge in [0.25, 0.3) is 0 Å². The van der Waals surface area contributed by atoms with E-state index in [0.717, 1.165) is 12.2 Å². The molecule has 3 aromatic carbocycles. The molecule has 1 aliphatic rings. The van der Waals surface area contributed by atoms with E-state index in [9.17, 15) is 39.5 Å². The molecule has 0 saturated heterocycles. The van der Waals surface area contributed by atoms with Gasteiger partial charge in [0.05, 0.1) is 5.92 Å². The Bertz CT molecular complexity index is 1500. The molecule has 0 spiro atoms. The molecule has 0 aromatic heterocycles. The van der Waals surface area contributed by atoms with Crippen molar-refractivity contribution in [2.75, 3.05) is 0 Å². The van der Waals surface area contributed by atoms with Gasteiger partial charge in [-0.2, -0.15) is 0 Å². The minimum absolute atomic E-state index is 1.05. The van der Waals surface area contributed by atoms with Crippen LogP contribution in [-0.4, -0.2) is 6.15 Å². The lowest BCUT2D eigenvalue weighted by Gasteiger charge is -2.40. The molecule has 0 saturated carbocycles. The first kappa shape index (κ1) is 29.7. The highest BCUT2D eigenvalue weighted by atomic mass is 19.2. The molecular formula is C25H5BF15-. The Balaban J connectivity index is 2.47. The Hall–Kier alpha value is -4.29. The summed E-state index contributed by atoms with van der Waals surface area (Å²) in [5.41, 5.74) is -8.27. The summed E-state index contributed by atoms with van der Waals surface area (Å²) in [6.07, 6.45) is -1.40. The maximum absolute atomic E-state index is 15.2. The number of hydrogen-bond acceptors (Lipinski definition) is 0. The maximum Gasteiger partial charge on any atom is 0.200 e. The van der Waals surface area contributed by atoms with Crippen LogP contribution in [-0.2, 0) is 0 Å². The third-order valence-corrected chi connectivity index (χ3v) is 6.24. The molecule has 0 unspecified atom stereocenters. The molecule has 0 amide bonds. The van der Waals surface area contributed by atoms with Crippen LogP contribution >= 0.6 is 0 Å². The molecule has 0 radical (unpaired) electrons. The van der Waals surface area contributed by atoms with Gasteiger partial charge in [-0.1, -0.05) is 24.3 Å². The topological polar surface area (TPSA) is 0 Å². The number of benzene rings is 3. The highest BCUT2D eigenvalue weighted by Crippen LogP contribution is 2.28. The van der Waals surface area contributed by atoms with Crippen LogP contribution in [0.1, 0.15) is 0 Å². The molecule has 0 fully saturated rings. The second-order valence-electron chi connectivity index (χ2n) is 8.40. The molecule has 214 valence electrons. The predicted molar refractivity (Wildman–Crippen MR) is 113 cm³/mol. The first-order valence-corrected chi connectivity index (χ1v) is 10.7. The van der Waals surface area contributed by atoms with E-state index >= 15 is 26.3 Å². The molecule has 0 bridgehead atoms. The van der Waals surface area contributed by atoms with Crippen LogP contribution in [0.3, 0.4) is 0 Å². The monoisotopic (exact) mass is 601 g/mol. The summed E-state index contributed by atoms with van der Waals surface area (Å²) < 4.78 is 219. The molecule has 4 rings (SSSR count). The highest BCUT2D eigenvalue weighted by Gasteiger charge is 2.47. The van der Waals surface area contributed by atoms with Crippen molar-refractivity contribution in [2.45, 2.75) is 0 Å². The van der Waals surface area contributed by atoms with Gasteiger partial charge >= 0.3 is 0 Å². The summed E-state index contributed by atoms with van der Waals surface area (Å²) in [7, 11) is 0. The lowest BCUT2D eigenvalue weighted by atomic mass is 9.15. The Morgan fingerprint density at radius 2 is 0.585 bits per heavy atom. The number of rotatable bonds is 3. The van der Waals surface area contributed by atoms with Crippen LogP contribution in [0, 0.1) is 105 Å². The van der Waals surface area contributed by atoms with Crippen molar-refractivity contribution in [2.24, 2.45) is 5.92 Å². The van der Waals surface area contributed by atoms with Gasteiger partial charge in [-0.05, 0) is 0 Å². The SMILES string of the molecule is Fc1c(F)c(F)c([B-](C#CC2C=CC=C2)(c2c(F)c(F)c(F)c(F)c2F)c2c(F)c(F)c(F)c(F)c2F)c(F)c1F. The molecule has 0 nitrogen and oxygen atoms in total. The van der Waals surface area contributed by atoms with Gasteiger partial charge < -0.3 is 0 Å². The zero-order valence-corrected chi connectivity index (χ0v) is 19.1. The van der Waals surface area contributed by atoms with Gasteiger partial charge in [0.1, 0.15) is 34.9 Å². The van der Waals surface area contributed by atoms with E-state index in [0.29, 0.717) is 0 Å². The zero-order chi connectivity index (χ0) is 30.7. The summed E-state index contributed by atoms with van der Waals surface area (Å²) in [4.78, 5) is 0. The van der Waals surface area contributed by atoms with Gasteiger partial charge in [0.2, 0.25) is 0 Å².